The number of nitrogens with one attached hydrogen (secondary N) is 1. The van der Waals surface area contributed by atoms with Gasteiger partial charge in [-0.15, -0.1) is 0 Å². The second-order valence-electron chi connectivity index (χ2n) is 4.53. The molecule has 0 amide bonds. The summed E-state index contributed by atoms with van der Waals surface area (Å²) in [5.74, 6) is 0.0965. The van der Waals surface area contributed by atoms with Crippen LogP contribution in [0.5, 0.6) is 0 Å². The molecule has 1 aromatic carbocycles. The SMILES string of the molecule is CCCCS(=O)(=O)Nc1ccc(/C=C/S(C)(=O)=O)cc1. The van der Waals surface area contributed by atoms with Crippen molar-refractivity contribution in [3.63, 3.8) is 0 Å². The average Bonchev–Trinajstić information content (AvgIpc) is 2.34. The largest absolute Gasteiger partial charge is 0.284 e. The molecular weight excluding hydrogens is 298 g/mol. The van der Waals surface area contributed by atoms with Crippen molar-refractivity contribution in [2.45, 2.75) is 19.8 Å². The Kier molecular flexibility index (Phi) is 5.76. The molecule has 0 saturated carbocycles. The van der Waals surface area contributed by atoms with Crippen molar-refractivity contribution < 1.29 is 16.8 Å². The maximum atomic E-state index is 11.7. The van der Waals surface area contributed by atoms with Gasteiger partial charge in [0.05, 0.1) is 5.75 Å². The van der Waals surface area contributed by atoms with Crippen molar-refractivity contribution in [1.29, 1.82) is 0 Å². The molecule has 0 aromatic heterocycles. The quantitative estimate of drug-likeness (QED) is 0.836. The summed E-state index contributed by atoms with van der Waals surface area (Å²) in [5, 5.41) is 1.10. The molecule has 0 heterocycles. The predicted molar refractivity (Wildman–Crippen MR) is 82.6 cm³/mol. The van der Waals surface area contributed by atoms with Crippen LogP contribution in [-0.2, 0) is 19.9 Å². The summed E-state index contributed by atoms with van der Waals surface area (Å²) < 4.78 is 47.8. The Morgan fingerprint density at radius 2 is 1.70 bits per heavy atom. The van der Waals surface area contributed by atoms with E-state index in [1.165, 1.54) is 6.08 Å². The Labute approximate surface area is 120 Å². The van der Waals surface area contributed by atoms with E-state index < -0.39 is 19.9 Å². The van der Waals surface area contributed by atoms with Gasteiger partial charge in [0.1, 0.15) is 0 Å². The molecule has 0 fully saturated rings. The van der Waals surface area contributed by atoms with Crippen LogP contribution < -0.4 is 4.72 Å². The van der Waals surface area contributed by atoms with Gasteiger partial charge in [-0.25, -0.2) is 16.8 Å². The van der Waals surface area contributed by atoms with Gasteiger partial charge in [-0.05, 0) is 30.2 Å². The zero-order chi connectivity index (χ0) is 15.2. The van der Waals surface area contributed by atoms with Gasteiger partial charge in [-0.2, -0.15) is 0 Å². The van der Waals surface area contributed by atoms with E-state index in [9.17, 15) is 16.8 Å². The van der Waals surface area contributed by atoms with Crippen molar-refractivity contribution in [2.24, 2.45) is 0 Å². The van der Waals surface area contributed by atoms with Gasteiger partial charge >= 0.3 is 0 Å². The summed E-state index contributed by atoms with van der Waals surface area (Å²) in [6, 6.07) is 6.51. The van der Waals surface area contributed by atoms with Gasteiger partial charge in [0.25, 0.3) is 0 Å². The van der Waals surface area contributed by atoms with Gasteiger partial charge in [0.2, 0.25) is 10.0 Å². The van der Waals surface area contributed by atoms with Gasteiger partial charge < -0.3 is 0 Å². The summed E-state index contributed by atoms with van der Waals surface area (Å²) in [6.45, 7) is 1.93. The van der Waals surface area contributed by atoms with E-state index in [0.29, 0.717) is 17.7 Å². The standard InChI is InChI=1S/C13H19NO4S2/c1-3-4-10-20(17,18)14-13-7-5-12(6-8-13)9-11-19(2,15)16/h5-9,11,14H,3-4,10H2,1-2H3/b11-9+. The van der Waals surface area contributed by atoms with Crippen LogP contribution in [0.2, 0.25) is 0 Å². The first kappa shape index (κ1) is 16.7. The molecule has 20 heavy (non-hydrogen) atoms. The molecule has 1 aromatic rings. The molecule has 1 rings (SSSR count). The first-order valence-corrected chi connectivity index (χ1v) is 9.81. The molecule has 0 aliphatic carbocycles. The van der Waals surface area contributed by atoms with Gasteiger partial charge in [0.15, 0.2) is 9.84 Å². The first-order valence-electron chi connectivity index (χ1n) is 6.20. The van der Waals surface area contributed by atoms with E-state index in [1.54, 1.807) is 24.3 Å². The van der Waals surface area contributed by atoms with E-state index in [4.69, 9.17) is 0 Å². The second-order valence-corrected chi connectivity index (χ2v) is 8.30. The molecule has 5 nitrogen and oxygen atoms in total. The average molecular weight is 317 g/mol. The number of rotatable bonds is 7. The summed E-state index contributed by atoms with van der Waals surface area (Å²) in [7, 11) is -6.47. The lowest BCUT2D eigenvalue weighted by molar-refractivity contribution is 0.597. The highest BCUT2D eigenvalue weighted by molar-refractivity contribution is 7.93. The van der Waals surface area contributed by atoms with Crippen molar-refractivity contribution in [3.05, 3.63) is 35.2 Å². The lowest BCUT2D eigenvalue weighted by Gasteiger charge is -2.07. The van der Waals surface area contributed by atoms with Crippen LogP contribution in [-0.4, -0.2) is 28.8 Å². The van der Waals surface area contributed by atoms with Gasteiger partial charge in [0, 0.05) is 17.4 Å². The predicted octanol–water partition coefficient (Wildman–Crippen LogP) is 2.24. The maximum absolute atomic E-state index is 11.7. The molecule has 0 atom stereocenters. The summed E-state index contributed by atoms with van der Waals surface area (Å²) >= 11 is 0. The van der Waals surface area contributed by atoms with E-state index in [0.717, 1.165) is 18.1 Å². The molecule has 0 spiro atoms. The number of hydrogen-bond donors (Lipinski definition) is 1. The van der Waals surface area contributed by atoms with E-state index >= 15 is 0 Å². The normalized spacial score (nSPS) is 12.7. The fourth-order valence-electron chi connectivity index (χ4n) is 1.43. The Morgan fingerprint density at radius 3 is 2.20 bits per heavy atom. The number of sulfone groups is 1. The molecule has 1 N–H and O–H groups in total. The highest BCUT2D eigenvalue weighted by atomic mass is 32.2. The molecule has 0 aliphatic rings. The highest BCUT2D eigenvalue weighted by Crippen LogP contribution is 2.13. The Balaban J connectivity index is 2.75. The fourth-order valence-corrected chi connectivity index (χ4v) is 3.10. The lowest BCUT2D eigenvalue weighted by atomic mass is 10.2. The molecule has 7 heteroatoms. The molecule has 112 valence electrons. The second kappa shape index (κ2) is 6.90. The third-order valence-corrected chi connectivity index (χ3v) is 4.46. The van der Waals surface area contributed by atoms with Crippen LogP contribution in [0.3, 0.4) is 0 Å². The van der Waals surface area contributed by atoms with Crippen LogP contribution in [0.1, 0.15) is 25.3 Å². The van der Waals surface area contributed by atoms with Crippen molar-refractivity contribution in [2.75, 3.05) is 16.7 Å². The van der Waals surface area contributed by atoms with Crippen LogP contribution in [0.25, 0.3) is 6.08 Å². The molecule has 0 saturated heterocycles. The Bertz CT molecular complexity index is 659. The van der Waals surface area contributed by atoms with Gasteiger partial charge in [-0.1, -0.05) is 25.5 Å². The fraction of sp³-hybridized carbons (Fsp3) is 0.385. The summed E-state index contributed by atoms with van der Waals surface area (Å²) in [6.07, 6.45) is 4.01. The number of benzene rings is 1. The van der Waals surface area contributed by atoms with Crippen molar-refractivity contribution >= 4 is 31.6 Å². The Morgan fingerprint density at radius 1 is 1.10 bits per heavy atom. The van der Waals surface area contributed by atoms with Crippen LogP contribution in [0.4, 0.5) is 5.69 Å². The maximum Gasteiger partial charge on any atom is 0.232 e. The third kappa shape index (κ3) is 6.72. The van der Waals surface area contributed by atoms with Gasteiger partial charge in [-0.3, -0.25) is 4.72 Å². The molecule has 0 unspecified atom stereocenters. The number of anilines is 1. The first-order chi connectivity index (χ1) is 9.22. The van der Waals surface area contributed by atoms with Crippen LogP contribution in [0.15, 0.2) is 29.7 Å². The van der Waals surface area contributed by atoms with Crippen molar-refractivity contribution in [3.8, 4) is 0 Å². The minimum absolute atomic E-state index is 0.0965. The lowest BCUT2D eigenvalue weighted by Crippen LogP contribution is -2.16. The third-order valence-electron chi connectivity index (χ3n) is 2.46. The zero-order valence-electron chi connectivity index (χ0n) is 11.5. The molecular formula is C13H19NO4S2. The van der Waals surface area contributed by atoms with E-state index in [-0.39, 0.29) is 5.75 Å². The van der Waals surface area contributed by atoms with E-state index in [2.05, 4.69) is 4.72 Å². The monoisotopic (exact) mass is 317 g/mol. The van der Waals surface area contributed by atoms with Crippen LogP contribution in [0, 0.1) is 0 Å². The smallest absolute Gasteiger partial charge is 0.232 e. The topological polar surface area (TPSA) is 80.3 Å². The minimum Gasteiger partial charge on any atom is -0.284 e. The highest BCUT2D eigenvalue weighted by Gasteiger charge is 2.08. The molecule has 0 bridgehead atoms. The van der Waals surface area contributed by atoms with E-state index in [1.807, 2.05) is 6.92 Å². The minimum atomic E-state index is -3.31. The zero-order valence-corrected chi connectivity index (χ0v) is 13.2. The molecule has 0 aliphatic heterocycles. The van der Waals surface area contributed by atoms with Crippen LogP contribution >= 0.6 is 0 Å². The number of sulfonamides is 1. The Hall–Kier alpha value is -1.34. The summed E-state index contributed by atoms with van der Waals surface area (Å²) in [5.41, 5.74) is 1.16. The van der Waals surface area contributed by atoms with Crippen molar-refractivity contribution in [1.82, 2.24) is 0 Å². The number of unbranched alkanes of at least 4 members (excludes halogenated alkanes) is 1. The molecule has 0 radical (unpaired) electrons. The summed E-state index contributed by atoms with van der Waals surface area (Å²) in [4.78, 5) is 0. The number of hydrogen-bond acceptors (Lipinski definition) is 4.